The average Bonchev–Trinajstić information content (AvgIpc) is 3.38. The summed E-state index contributed by atoms with van der Waals surface area (Å²) >= 11 is 0. The van der Waals surface area contributed by atoms with Crippen molar-refractivity contribution in [2.24, 2.45) is 11.8 Å². The quantitative estimate of drug-likeness (QED) is 0.378. The zero-order chi connectivity index (χ0) is 29.7. The molecule has 5 rings (SSSR count). The monoisotopic (exact) mass is 598 g/mol. The van der Waals surface area contributed by atoms with Crippen molar-refractivity contribution in [1.82, 2.24) is 19.7 Å². The topological polar surface area (TPSA) is 95.8 Å². The van der Waals surface area contributed by atoms with Gasteiger partial charge in [0.15, 0.2) is 10.7 Å². The van der Waals surface area contributed by atoms with Crippen LogP contribution in [-0.2, 0) is 21.4 Å². The summed E-state index contributed by atoms with van der Waals surface area (Å²) in [5.74, 6) is -0.523. The molecule has 1 amide bonds. The maximum absolute atomic E-state index is 14.0. The van der Waals surface area contributed by atoms with E-state index >= 15 is 0 Å². The zero-order valence-electron chi connectivity index (χ0n) is 23.6. The maximum atomic E-state index is 14.0. The largest absolute Gasteiger partial charge is 0.356 e. The summed E-state index contributed by atoms with van der Waals surface area (Å²) in [5.41, 5.74) is 1.23. The Kier molecular flexibility index (Phi) is 9.50. The molecule has 0 radical (unpaired) electrons. The molecule has 8 nitrogen and oxygen atoms in total. The van der Waals surface area contributed by atoms with Crippen LogP contribution in [0.4, 0.5) is 8.78 Å². The molecule has 1 N–H and O–H groups in total. The van der Waals surface area contributed by atoms with E-state index in [-0.39, 0.29) is 47.1 Å². The molecular weight excluding hydrogens is 562 g/mol. The van der Waals surface area contributed by atoms with Crippen LogP contribution in [0.1, 0.15) is 48.3 Å². The summed E-state index contributed by atoms with van der Waals surface area (Å²) in [6.45, 7) is 4.84. The second kappa shape index (κ2) is 13.3. The maximum Gasteiger partial charge on any atom is 0.248 e. The molecule has 2 aromatic carbocycles. The van der Waals surface area contributed by atoms with Gasteiger partial charge >= 0.3 is 0 Å². The smallest absolute Gasteiger partial charge is 0.248 e. The van der Waals surface area contributed by atoms with E-state index in [0.717, 1.165) is 25.9 Å². The predicted octanol–water partition coefficient (Wildman–Crippen LogP) is 4.86. The molecule has 2 aliphatic heterocycles. The molecule has 2 fully saturated rings. The molecule has 11 heteroatoms. The van der Waals surface area contributed by atoms with E-state index in [4.69, 9.17) is 4.52 Å². The fraction of sp³-hybridized carbons (Fsp3) is 0.419. The molecule has 3 aromatic rings. The van der Waals surface area contributed by atoms with Crippen molar-refractivity contribution in [1.29, 1.82) is 0 Å². The zero-order valence-corrected chi connectivity index (χ0v) is 24.5. The third-order valence-electron chi connectivity index (χ3n) is 8.20. The molecule has 0 unspecified atom stereocenters. The summed E-state index contributed by atoms with van der Waals surface area (Å²) in [5, 5.41) is 6.93. The molecule has 2 aliphatic rings. The third-order valence-corrected chi connectivity index (χ3v) is 10.3. The van der Waals surface area contributed by atoms with Crippen LogP contribution in [-0.4, -0.2) is 61.4 Å². The minimum absolute atomic E-state index is 0.0376. The Labute approximate surface area is 245 Å². The molecule has 0 aliphatic carbocycles. The first-order valence-electron chi connectivity index (χ1n) is 14.3. The van der Waals surface area contributed by atoms with Gasteiger partial charge in [-0.05, 0) is 75.9 Å². The van der Waals surface area contributed by atoms with Gasteiger partial charge in [0.05, 0.1) is 0 Å². The van der Waals surface area contributed by atoms with Crippen LogP contribution in [0.15, 0.2) is 57.9 Å². The summed E-state index contributed by atoms with van der Waals surface area (Å²) in [7, 11) is -3.93. The van der Waals surface area contributed by atoms with Crippen LogP contribution >= 0.6 is 0 Å². The van der Waals surface area contributed by atoms with E-state index in [1.165, 1.54) is 28.6 Å². The Morgan fingerprint density at radius 2 is 1.64 bits per heavy atom. The fourth-order valence-electron chi connectivity index (χ4n) is 5.67. The van der Waals surface area contributed by atoms with Crippen LogP contribution in [0.2, 0.25) is 0 Å². The van der Waals surface area contributed by atoms with E-state index in [0.29, 0.717) is 43.0 Å². The number of piperidine rings is 2. The number of nitrogens with zero attached hydrogens (tertiary/aromatic N) is 3. The number of amides is 1. The Bertz CT molecular complexity index is 1530. The Hall–Kier alpha value is -3.41. The first kappa shape index (κ1) is 30.1. The van der Waals surface area contributed by atoms with Crippen molar-refractivity contribution in [3.63, 3.8) is 0 Å². The molecule has 0 bridgehead atoms. The lowest BCUT2D eigenvalue weighted by molar-refractivity contribution is -0.126. The number of sulfonamides is 1. The number of likely N-dealkylation sites (tertiary alicyclic amines) is 1. The highest BCUT2D eigenvalue weighted by atomic mass is 32.2. The van der Waals surface area contributed by atoms with E-state index in [1.54, 1.807) is 31.2 Å². The number of rotatable bonds is 9. The van der Waals surface area contributed by atoms with Crippen molar-refractivity contribution in [2.45, 2.75) is 44.0 Å². The molecule has 0 saturated carbocycles. The fourth-order valence-corrected chi connectivity index (χ4v) is 7.39. The second-order valence-corrected chi connectivity index (χ2v) is 12.9. The third kappa shape index (κ3) is 6.96. The minimum Gasteiger partial charge on any atom is -0.356 e. The summed E-state index contributed by atoms with van der Waals surface area (Å²) < 4.78 is 61.7. The van der Waals surface area contributed by atoms with Gasteiger partial charge in [-0.3, -0.25) is 9.69 Å². The van der Waals surface area contributed by atoms with Crippen LogP contribution < -0.4 is 5.32 Å². The van der Waals surface area contributed by atoms with Crippen LogP contribution in [0.25, 0.3) is 12.2 Å². The normalized spacial score (nSPS) is 18.1. The van der Waals surface area contributed by atoms with Crippen LogP contribution in [0.3, 0.4) is 0 Å². The summed E-state index contributed by atoms with van der Waals surface area (Å²) in [4.78, 5) is 15.1. The van der Waals surface area contributed by atoms with Crippen LogP contribution in [0, 0.1) is 30.4 Å². The van der Waals surface area contributed by atoms with E-state index in [1.807, 2.05) is 12.1 Å². The number of halogens is 2. The SMILES string of the molecule is Cc1noc(/C=C/c2ccccc2F)c1S(=O)(=O)N1CCC(C(=O)NCC2CCN(Cc3ccccc3F)CC2)CC1. The number of nitrogens with one attached hydrogen (secondary N) is 1. The Morgan fingerprint density at radius 1 is 0.976 bits per heavy atom. The predicted molar refractivity (Wildman–Crippen MR) is 155 cm³/mol. The Balaban J connectivity index is 1.10. The molecule has 3 heterocycles. The van der Waals surface area contributed by atoms with Gasteiger partial charge in [-0.25, -0.2) is 17.2 Å². The molecule has 0 atom stereocenters. The van der Waals surface area contributed by atoms with Gasteiger partial charge in [0, 0.05) is 43.2 Å². The molecule has 42 heavy (non-hydrogen) atoms. The highest BCUT2D eigenvalue weighted by molar-refractivity contribution is 7.89. The molecule has 2 saturated heterocycles. The first-order chi connectivity index (χ1) is 20.2. The number of carbonyl (C=O) groups excluding carboxylic acids is 1. The van der Waals surface area contributed by atoms with Gasteiger partial charge in [0.25, 0.3) is 0 Å². The van der Waals surface area contributed by atoms with Gasteiger partial charge < -0.3 is 9.84 Å². The standard InChI is InChI=1S/C31H36F2N4O4S/c1-22-30(29(41-35-22)11-10-24-6-2-4-8-27(24)32)42(39,40)37-18-14-25(15-19-37)31(38)34-20-23-12-16-36(17-13-23)21-26-7-3-5-9-28(26)33/h2-11,23,25H,12-21H2,1H3,(H,34,38)/b11-10+. The van der Waals surface area contributed by atoms with Crippen molar-refractivity contribution < 1.29 is 26.5 Å². The molecule has 224 valence electrons. The second-order valence-electron chi connectivity index (χ2n) is 11.1. The van der Waals surface area contributed by atoms with Gasteiger partial charge in [0.2, 0.25) is 15.9 Å². The van der Waals surface area contributed by atoms with E-state index in [2.05, 4.69) is 15.4 Å². The lowest BCUT2D eigenvalue weighted by atomic mass is 9.94. The number of aromatic nitrogens is 1. The highest BCUT2D eigenvalue weighted by Gasteiger charge is 2.36. The van der Waals surface area contributed by atoms with Gasteiger partial charge in [-0.2, -0.15) is 4.31 Å². The van der Waals surface area contributed by atoms with E-state index < -0.39 is 15.8 Å². The Morgan fingerprint density at radius 3 is 2.33 bits per heavy atom. The van der Waals surface area contributed by atoms with E-state index in [9.17, 15) is 22.0 Å². The van der Waals surface area contributed by atoms with Crippen molar-refractivity contribution in [3.8, 4) is 0 Å². The van der Waals surface area contributed by atoms with Crippen molar-refractivity contribution >= 4 is 28.1 Å². The average molecular weight is 599 g/mol. The van der Waals surface area contributed by atoms with Crippen molar-refractivity contribution in [2.75, 3.05) is 32.7 Å². The minimum atomic E-state index is -3.93. The molecule has 1 aromatic heterocycles. The molecular formula is C31H36F2N4O4S. The van der Waals surface area contributed by atoms with Crippen molar-refractivity contribution in [3.05, 3.63) is 82.7 Å². The van der Waals surface area contributed by atoms with Crippen LogP contribution in [0.5, 0.6) is 0 Å². The lowest BCUT2D eigenvalue weighted by Crippen LogP contribution is -2.44. The molecule has 0 spiro atoms. The van der Waals surface area contributed by atoms with Gasteiger partial charge in [-0.1, -0.05) is 41.6 Å². The number of hydrogen-bond acceptors (Lipinski definition) is 6. The number of carbonyl (C=O) groups is 1. The number of benzene rings is 2. The summed E-state index contributed by atoms with van der Waals surface area (Å²) in [6.07, 6.45) is 5.55. The first-order valence-corrected chi connectivity index (χ1v) is 15.8. The number of hydrogen-bond donors (Lipinski definition) is 1. The number of aryl methyl sites for hydroxylation is 1. The summed E-state index contributed by atoms with van der Waals surface area (Å²) in [6, 6.07) is 13.0. The highest BCUT2D eigenvalue weighted by Crippen LogP contribution is 2.29. The van der Waals surface area contributed by atoms with Gasteiger partial charge in [0.1, 0.15) is 17.3 Å². The van der Waals surface area contributed by atoms with Gasteiger partial charge in [-0.15, -0.1) is 0 Å². The lowest BCUT2D eigenvalue weighted by Gasteiger charge is -2.33.